The van der Waals surface area contributed by atoms with Gasteiger partial charge in [0, 0.05) is 43.0 Å². The summed E-state index contributed by atoms with van der Waals surface area (Å²) >= 11 is 12.1. The third kappa shape index (κ3) is 5.87. The summed E-state index contributed by atoms with van der Waals surface area (Å²) in [5.41, 5.74) is 1.54. The Hall–Kier alpha value is -2.25. The molecule has 0 unspecified atom stereocenters. The third-order valence-electron chi connectivity index (χ3n) is 4.94. The molecular weight excluding hydrogens is 411 g/mol. The number of carbonyl (C=O) groups excluding carboxylic acids is 1. The highest BCUT2D eigenvalue weighted by Crippen LogP contribution is 2.26. The molecule has 2 aromatic rings. The van der Waals surface area contributed by atoms with Crippen molar-refractivity contribution in [2.45, 2.75) is 44.7 Å². The van der Waals surface area contributed by atoms with Crippen molar-refractivity contribution in [1.29, 1.82) is 0 Å². The lowest BCUT2D eigenvalue weighted by molar-refractivity contribution is 0.243. The fourth-order valence-electron chi connectivity index (χ4n) is 3.46. The Kier molecular flexibility index (Phi) is 7.03. The number of halogens is 2. The SMILES string of the molecule is Cc1cnc(NC2CCC(NC(=O)Nc3cc(Cl)ccc3Cl)CC2)nc1N(C)C. The van der Waals surface area contributed by atoms with E-state index in [4.69, 9.17) is 23.2 Å². The maximum atomic E-state index is 12.3. The van der Waals surface area contributed by atoms with E-state index < -0.39 is 0 Å². The van der Waals surface area contributed by atoms with E-state index in [0.717, 1.165) is 37.1 Å². The van der Waals surface area contributed by atoms with Gasteiger partial charge in [0.05, 0.1) is 10.7 Å². The van der Waals surface area contributed by atoms with Crippen molar-refractivity contribution in [2.24, 2.45) is 0 Å². The zero-order chi connectivity index (χ0) is 21.0. The summed E-state index contributed by atoms with van der Waals surface area (Å²) in [5, 5.41) is 10.2. The van der Waals surface area contributed by atoms with Crippen molar-refractivity contribution in [1.82, 2.24) is 15.3 Å². The van der Waals surface area contributed by atoms with E-state index in [0.29, 0.717) is 21.7 Å². The Morgan fingerprint density at radius 2 is 1.83 bits per heavy atom. The van der Waals surface area contributed by atoms with Crippen LogP contribution in [0.3, 0.4) is 0 Å². The number of hydrogen-bond acceptors (Lipinski definition) is 5. The summed E-state index contributed by atoms with van der Waals surface area (Å²) in [6.45, 7) is 2.00. The molecule has 3 N–H and O–H groups in total. The summed E-state index contributed by atoms with van der Waals surface area (Å²) in [6, 6.07) is 5.10. The molecule has 2 amide bonds. The molecule has 9 heteroatoms. The smallest absolute Gasteiger partial charge is 0.319 e. The largest absolute Gasteiger partial charge is 0.362 e. The quantitative estimate of drug-likeness (QED) is 0.632. The van der Waals surface area contributed by atoms with Crippen LogP contribution < -0.4 is 20.9 Å². The third-order valence-corrected chi connectivity index (χ3v) is 5.51. The van der Waals surface area contributed by atoms with E-state index in [1.54, 1.807) is 18.2 Å². The Bertz CT molecular complexity index is 868. The Balaban J connectivity index is 1.48. The lowest BCUT2D eigenvalue weighted by Gasteiger charge is -2.30. The van der Waals surface area contributed by atoms with Crippen LogP contribution in [0.4, 0.5) is 22.2 Å². The molecule has 1 saturated carbocycles. The van der Waals surface area contributed by atoms with Crippen LogP contribution in [0, 0.1) is 6.92 Å². The average molecular weight is 437 g/mol. The fourth-order valence-corrected chi connectivity index (χ4v) is 3.79. The highest BCUT2D eigenvalue weighted by Gasteiger charge is 2.23. The predicted octanol–water partition coefficient (Wildman–Crippen LogP) is 4.70. The number of nitrogens with zero attached hydrogens (tertiary/aromatic N) is 3. The van der Waals surface area contributed by atoms with Crippen LogP contribution in [0.25, 0.3) is 0 Å². The fraction of sp³-hybridized carbons (Fsp3) is 0.450. The van der Waals surface area contributed by atoms with Gasteiger partial charge in [0.25, 0.3) is 0 Å². The van der Waals surface area contributed by atoms with Crippen LogP contribution in [-0.4, -0.2) is 42.2 Å². The molecule has 1 fully saturated rings. The second-order valence-electron chi connectivity index (χ2n) is 7.51. The number of nitrogens with one attached hydrogen (secondary N) is 3. The lowest BCUT2D eigenvalue weighted by atomic mass is 9.91. The molecule has 1 heterocycles. The van der Waals surface area contributed by atoms with Gasteiger partial charge in [0.2, 0.25) is 5.95 Å². The molecule has 1 aliphatic carbocycles. The number of aryl methyl sites for hydroxylation is 1. The maximum absolute atomic E-state index is 12.3. The van der Waals surface area contributed by atoms with Crippen LogP contribution >= 0.6 is 23.2 Å². The number of aromatic nitrogens is 2. The standard InChI is InChI=1S/C20H26Cl2N6O/c1-12-11-23-19(27-18(12)28(2)3)24-14-5-7-15(8-6-14)25-20(29)26-17-10-13(21)4-9-16(17)22/h4,9-11,14-15H,5-8H2,1-3H3,(H,23,24,27)(H2,25,26,29). The van der Waals surface area contributed by atoms with Gasteiger partial charge in [0.1, 0.15) is 5.82 Å². The minimum Gasteiger partial charge on any atom is -0.362 e. The van der Waals surface area contributed by atoms with Crippen molar-refractivity contribution in [3.8, 4) is 0 Å². The molecule has 3 rings (SSSR count). The summed E-state index contributed by atoms with van der Waals surface area (Å²) in [4.78, 5) is 23.3. The minimum absolute atomic E-state index is 0.113. The van der Waals surface area contributed by atoms with Gasteiger partial charge in [-0.25, -0.2) is 9.78 Å². The van der Waals surface area contributed by atoms with Gasteiger partial charge < -0.3 is 20.9 Å². The molecule has 156 valence electrons. The summed E-state index contributed by atoms with van der Waals surface area (Å²) in [5.74, 6) is 1.55. The van der Waals surface area contributed by atoms with E-state index >= 15 is 0 Å². The normalized spacial score (nSPS) is 18.8. The number of amides is 2. The summed E-state index contributed by atoms with van der Waals surface area (Å²) in [7, 11) is 3.94. The van der Waals surface area contributed by atoms with Gasteiger partial charge >= 0.3 is 6.03 Å². The van der Waals surface area contributed by atoms with Gasteiger partial charge in [-0.2, -0.15) is 4.98 Å². The first-order chi connectivity index (χ1) is 13.8. The van der Waals surface area contributed by atoms with E-state index in [9.17, 15) is 4.79 Å². The number of hydrogen-bond donors (Lipinski definition) is 3. The molecule has 0 radical (unpaired) electrons. The van der Waals surface area contributed by atoms with Gasteiger partial charge in [-0.15, -0.1) is 0 Å². The van der Waals surface area contributed by atoms with E-state index in [2.05, 4.69) is 25.9 Å². The van der Waals surface area contributed by atoms with Gasteiger partial charge in [0.15, 0.2) is 0 Å². The predicted molar refractivity (Wildman–Crippen MR) is 119 cm³/mol. The molecule has 29 heavy (non-hydrogen) atoms. The van der Waals surface area contributed by atoms with Gasteiger partial charge in [-0.1, -0.05) is 23.2 Å². The van der Waals surface area contributed by atoms with Gasteiger partial charge in [-0.3, -0.25) is 0 Å². The van der Waals surface area contributed by atoms with E-state index in [-0.39, 0.29) is 18.1 Å². The molecular formula is C20H26Cl2N6O. The van der Waals surface area contributed by atoms with Gasteiger partial charge in [-0.05, 0) is 50.8 Å². The summed E-state index contributed by atoms with van der Waals surface area (Å²) in [6.07, 6.45) is 5.44. The molecule has 7 nitrogen and oxygen atoms in total. The van der Waals surface area contributed by atoms with E-state index in [1.807, 2.05) is 32.1 Å². The Labute approximate surface area is 181 Å². The second-order valence-corrected chi connectivity index (χ2v) is 8.35. The first-order valence-corrected chi connectivity index (χ1v) is 10.4. The van der Waals surface area contributed by atoms with Crippen LogP contribution in [0.15, 0.2) is 24.4 Å². The molecule has 0 aliphatic heterocycles. The van der Waals surface area contributed by atoms with Crippen molar-refractivity contribution in [3.05, 3.63) is 40.0 Å². The monoisotopic (exact) mass is 436 g/mol. The van der Waals surface area contributed by atoms with Crippen molar-refractivity contribution >= 4 is 46.7 Å². The first kappa shape index (κ1) is 21.5. The summed E-state index contributed by atoms with van der Waals surface area (Å²) < 4.78 is 0. The Morgan fingerprint density at radius 3 is 2.52 bits per heavy atom. The number of urea groups is 1. The van der Waals surface area contributed by atoms with Crippen molar-refractivity contribution in [3.63, 3.8) is 0 Å². The number of benzene rings is 1. The molecule has 1 aromatic heterocycles. The number of anilines is 3. The molecule has 1 aromatic carbocycles. The van der Waals surface area contributed by atoms with Crippen LogP contribution in [-0.2, 0) is 0 Å². The minimum atomic E-state index is -0.275. The number of carbonyl (C=O) groups is 1. The highest BCUT2D eigenvalue weighted by molar-refractivity contribution is 6.35. The Morgan fingerprint density at radius 1 is 1.14 bits per heavy atom. The van der Waals surface area contributed by atoms with Crippen molar-refractivity contribution < 1.29 is 4.79 Å². The zero-order valence-electron chi connectivity index (χ0n) is 16.8. The molecule has 0 atom stereocenters. The molecule has 0 saturated heterocycles. The molecule has 0 bridgehead atoms. The highest BCUT2D eigenvalue weighted by atomic mass is 35.5. The second kappa shape index (κ2) is 9.50. The average Bonchev–Trinajstić information content (AvgIpc) is 2.67. The molecule has 0 spiro atoms. The lowest BCUT2D eigenvalue weighted by Crippen LogP contribution is -2.42. The van der Waals surface area contributed by atoms with Crippen LogP contribution in [0.5, 0.6) is 0 Å². The van der Waals surface area contributed by atoms with E-state index in [1.165, 1.54) is 0 Å². The first-order valence-electron chi connectivity index (χ1n) is 9.62. The van der Waals surface area contributed by atoms with Crippen LogP contribution in [0.2, 0.25) is 10.0 Å². The number of rotatable bonds is 5. The maximum Gasteiger partial charge on any atom is 0.319 e. The van der Waals surface area contributed by atoms with Crippen molar-refractivity contribution in [2.75, 3.05) is 29.6 Å². The van der Waals surface area contributed by atoms with Crippen LogP contribution in [0.1, 0.15) is 31.2 Å². The zero-order valence-corrected chi connectivity index (χ0v) is 18.3. The topological polar surface area (TPSA) is 82.2 Å². The molecule has 1 aliphatic rings.